The first-order chi connectivity index (χ1) is 11.1. The molecule has 7 heteroatoms. The lowest BCUT2D eigenvalue weighted by Crippen LogP contribution is -2.17. The van der Waals surface area contributed by atoms with Gasteiger partial charge in [-0.2, -0.15) is 0 Å². The second-order valence-electron chi connectivity index (χ2n) is 5.66. The summed E-state index contributed by atoms with van der Waals surface area (Å²) in [6, 6.07) is 4.14. The van der Waals surface area contributed by atoms with E-state index in [4.69, 9.17) is 16.3 Å². The summed E-state index contributed by atoms with van der Waals surface area (Å²) in [5.41, 5.74) is 2.33. The summed E-state index contributed by atoms with van der Waals surface area (Å²) < 4.78 is 46.9. The van der Waals surface area contributed by atoms with Gasteiger partial charge in [-0.3, -0.25) is 4.72 Å². The maximum absolute atomic E-state index is 13.5. The lowest BCUT2D eigenvalue weighted by molar-refractivity contribution is 0.410. The highest BCUT2D eigenvalue weighted by atomic mass is 35.5. The number of hydrogen-bond donors (Lipinski definition) is 1. The van der Waals surface area contributed by atoms with Crippen molar-refractivity contribution in [2.75, 3.05) is 11.8 Å². The van der Waals surface area contributed by atoms with Gasteiger partial charge in [0.15, 0.2) is 0 Å². The highest BCUT2D eigenvalue weighted by Crippen LogP contribution is 2.33. The summed E-state index contributed by atoms with van der Waals surface area (Å²) in [6.45, 7) is 6.75. The Morgan fingerprint density at radius 2 is 1.67 bits per heavy atom. The molecule has 24 heavy (non-hydrogen) atoms. The lowest BCUT2D eigenvalue weighted by atomic mass is 10.1. The van der Waals surface area contributed by atoms with Gasteiger partial charge in [-0.1, -0.05) is 11.6 Å². The summed E-state index contributed by atoms with van der Waals surface area (Å²) >= 11 is 5.97. The average Bonchev–Trinajstić information content (AvgIpc) is 2.48. The van der Waals surface area contributed by atoms with Gasteiger partial charge in [-0.25, -0.2) is 12.8 Å². The van der Waals surface area contributed by atoms with E-state index in [0.717, 1.165) is 11.6 Å². The SMILES string of the molecule is COc1cc(C)c(S(=O)(=O)Nc2cc(C)c(F)cc2Cl)c(C)c1C. The summed E-state index contributed by atoms with van der Waals surface area (Å²) in [4.78, 5) is 0.166. The number of halogens is 2. The number of nitrogens with one attached hydrogen (secondary N) is 1. The van der Waals surface area contributed by atoms with Gasteiger partial charge in [-0.15, -0.1) is 0 Å². The number of benzene rings is 2. The van der Waals surface area contributed by atoms with Gasteiger partial charge in [0.1, 0.15) is 11.6 Å². The number of aryl methyl sites for hydroxylation is 2. The van der Waals surface area contributed by atoms with Crippen molar-refractivity contribution in [3.05, 3.63) is 51.3 Å². The zero-order chi connectivity index (χ0) is 18.2. The Morgan fingerprint density at radius 3 is 2.25 bits per heavy atom. The van der Waals surface area contributed by atoms with Crippen LogP contribution in [0.5, 0.6) is 5.75 Å². The number of anilines is 1. The molecule has 0 spiro atoms. The van der Waals surface area contributed by atoms with E-state index >= 15 is 0 Å². The molecule has 2 aromatic rings. The number of ether oxygens (including phenoxy) is 1. The van der Waals surface area contributed by atoms with Crippen LogP contribution in [0.4, 0.5) is 10.1 Å². The van der Waals surface area contributed by atoms with Crippen LogP contribution in [-0.2, 0) is 10.0 Å². The van der Waals surface area contributed by atoms with Crippen molar-refractivity contribution >= 4 is 27.3 Å². The first-order valence-electron chi connectivity index (χ1n) is 7.21. The van der Waals surface area contributed by atoms with Crippen LogP contribution >= 0.6 is 11.6 Å². The van der Waals surface area contributed by atoms with Gasteiger partial charge in [0, 0.05) is 0 Å². The molecule has 0 heterocycles. The topological polar surface area (TPSA) is 55.4 Å². The molecule has 0 saturated heterocycles. The van der Waals surface area contributed by atoms with Crippen molar-refractivity contribution in [1.29, 1.82) is 0 Å². The highest BCUT2D eigenvalue weighted by molar-refractivity contribution is 7.92. The molecule has 0 aliphatic carbocycles. The molecule has 0 unspecified atom stereocenters. The summed E-state index contributed by atoms with van der Waals surface area (Å²) in [5.74, 6) is 0.134. The number of sulfonamides is 1. The zero-order valence-corrected chi connectivity index (χ0v) is 15.7. The molecule has 0 bridgehead atoms. The molecular weight excluding hydrogens is 353 g/mol. The second kappa shape index (κ2) is 6.61. The van der Waals surface area contributed by atoms with E-state index in [9.17, 15) is 12.8 Å². The first-order valence-corrected chi connectivity index (χ1v) is 9.08. The van der Waals surface area contributed by atoms with Crippen LogP contribution in [0.3, 0.4) is 0 Å². The number of rotatable bonds is 4. The van der Waals surface area contributed by atoms with Crippen LogP contribution < -0.4 is 9.46 Å². The smallest absolute Gasteiger partial charge is 0.262 e. The normalized spacial score (nSPS) is 11.5. The minimum absolute atomic E-state index is 0.00205. The molecule has 1 N–H and O–H groups in total. The van der Waals surface area contributed by atoms with E-state index in [1.54, 1.807) is 26.8 Å². The van der Waals surface area contributed by atoms with Crippen LogP contribution in [-0.4, -0.2) is 15.5 Å². The zero-order valence-electron chi connectivity index (χ0n) is 14.1. The van der Waals surface area contributed by atoms with Gasteiger partial charge in [0.25, 0.3) is 10.0 Å². The molecule has 2 rings (SSSR count). The predicted octanol–water partition coefficient (Wildman–Crippen LogP) is 4.52. The predicted molar refractivity (Wildman–Crippen MR) is 94.2 cm³/mol. The summed E-state index contributed by atoms with van der Waals surface area (Å²) in [7, 11) is -2.35. The average molecular weight is 372 g/mol. The number of hydrogen-bond acceptors (Lipinski definition) is 3. The van der Waals surface area contributed by atoms with Crippen molar-refractivity contribution in [3.63, 3.8) is 0 Å². The maximum Gasteiger partial charge on any atom is 0.262 e. The molecular formula is C17H19ClFNO3S. The Balaban J connectivity index is 2.57. The fourth-order valence-electron chi connectivity index (χ4n) is 2.58. The Labute approximate surface area is 146 Å². The Morgan fingerprint density at radius 1 is 1.04 bits per heavy atom. The van der Waals surface area contributed by atoms with Crippen LogP contribution in [0, 0.1) is 33.5 Å². The van der Waals surface area contributed by atoms with E-state index < -0.39 is 15.8 Å². The van der Waals surface area contributed by atoms with E-state index in [1.807, 2.05) is 0 Å². The van der Waals surface area contributed by atoms with Crippen molar-refractivity contribution in [3.8, 4) is 5.75 Å². The monoisotopic (exact) mass is 371 g/mol. The largest absolute Gasteiger partial charge is 0.496 e. The Bertz CT molecular complexity index is 911. The molecule has 2 aromatic carbocycles. The van der Waals surface area contributed by atoms with E-state index in [-0.39, 0.29) is 15.6 Å². The van der Waals surface area contributed by atoms with Gasteiger partial charge >= 0.3 is 0 Å². The standard InChI is InChI=1S/C17H19ClFNO3S/c1-9-6-15(13(18)8-14(9)19)20-24(21,22)17-10(2)7-16(23-5)11(3)12(17)4/h6-8,20H,1-5H3. The molecule has 0 amide bonds. The van der Waals surface area contributed by atoms with E-state index in [0.29, 0.717) is 22.4 Å². The third kappa shape index (κ3) is 3.35. The fourth-order valence-corrected chi connectivity index (χ4v) is 4.43. The van der Waals surface area contributed by atoms with Crippen LogP contribution in [0.15, 0.2) is 23.1 Å². The second-order valence-corrected chi connectivity index (χ2v) is 7.69. The quantitative estimate of drug-likeness (QED) is 0.859. The van der Waals surface area contributed by atoms with E-state index in [2.05, 4.69) is 4.72 Å². The molecule has 0 saturated carbocycles. The minimum atomic E-state index is -3.89. The molecule has 0 fully saturated rings. The van der Waals surface area contributed by atoms with E-state index in [1.165, 1.54) is 20.1 Å². The van der Waals surface area contributed by atoms with Crippen LogP contribution in [0.2, 0.25) is 5.02 Å². The van der Waals surface area contributed by atoms with Gasteiger partial charge in [0.2, 0.25) is 0 Å². The summed E-state index contributed by atoms with van der Waals surface area (Å²) in [6.07, 6.45) is 0. The highest BCUT2D eigenvalue weighted by Gasteiger charge is 2.24. The summed E-state index contributed by atoms with van der Waals surface area (Å²) in [5, 5.41) is 0.00205. The van der Waals surface area contributed by atoms with Gasteiger partial charge < -0.3 is 4.74 Å². The van der Waals surface area contributed by atoms with Crippen LogP contribution in [0.1, 0.15) is 22.3 Å². The minimum Gasteiger partial charge on any atom is -0.496 e. The fraction of sp³-hybridized carbons (Fsp3) is 0.294. The van der Waals surface area contributed by atoms with Gasteiger partial charge in [-0.05, 0) is 68.1 Å². The third-order valence-corrected chi connectivity index (χ3v) is 5.93. The molecule has 130 valence electrons. The Kier molecular flexibility index (Phi) is 5.11. The van der Waals surface area contributed by atoms with Crippen molar-refractivity contribution in [2.24, 2.45) is 0 Å². The molecule has 0 aromatic heterocycles. The Hall–Kier alpha value is -1.79. The lowest BCUT2D eigenvalue weighted by Gasteiger charge is -2.18. The molecule has 0 aliphatic rings. The maximum atomic E-state index is 13.5. The molecule has 0 aliphatic heterocycles. The van der Waals surface area contributed by atoms with Crippen molar-refractivity contribution in [1.82, 2.24) is 0 Å². The van der Waals surface area contributed by atoms with Crippen LogP contribution in [0.25, 0.3) is 0 Å². The third-order valence-electron chi connectivity index (χ3n) is 3.96. The van der Waals surface area contributed by atoms with Crippen molar-refractivity contribution < 1.29 is 17.5 Å². The van der Waals surface area contributed by atoms with Gasteiger partial charge in [0.05, 0.1) is 22.7 Å². The first kappa shape index (κ1) is 18.5. The molecule has 0 radical (unpaired) electrons. The molecule has 0 atom stereocenters. The molecule has 4 nitrogen and oxygen atoms in total. The van der Waals surface area contributed by atoms with Crippen molar-refractivity contribution in [2.45, 2.75) is 32.6 Å². The number of methoxy groups -OCH3 is 1.